The van der Waals surface area contributed by atoms with Crippen molar-refractivity contribution in [3.8, 4) is 0 Å². The van der Waals surface area contributed by atoms with Crippen molar-refractivity contribution in [3.05, 3.63) is 71.8 Å². The molecule has 0 unspecified atom stereocenters. The van der Waals surface area contributed by atoms with E-state index in [0.29, 0.717) is 6.04 Å². The van der Waals surface area contributed by atoms with Gasteiger partial charge in [-0.3, -0.25) is 4.90 Å². The fraction of sp³-hybridized carbons (Fsp3) is 0.333. The van der Waals surface area contributed by atoms with Gasteiger partial charge in [-0.2, -0.15) is 0 Å². The Morgan fingerprint density at radius 1 is 0.900 bits per heavy atom. The summed E-state index contributed by atoms with van der Waals surface area (Å²) >= 11 is 0. The Hall–Kier alpha value is -1.64. The largest absolute Gasteiger partial charge is 0.380 e. The monoisotopic (exact) mass is 267 g/mol. The number of ether oxygens (including phenoxy) is 1. The van der Waals surface area contributed by atoms with Crippen LogP contribution in [-0.2, 0) is 11.3 Å². The predicted molar refractivity (Wildman–Crippen MR) is 81.5 cm³/mol. The van der Waals surface area contributed by atoms with Crippen LogP contribution in [0.1, 0.15) is 23.6 Å². The van der Waals surface area contributed by atoms with Crippen LogP contribution in [0.3, 0.4) is 0 Å². The summed E-state index contributed by atoms with van der Waals surface area (Å²) < 4.78 is 5.67. The number of hydrogen-bond acceptors (Lipinski definition) is 2. The highest BCUT2D eigenvalue weighted by molar-refractivity contribution is 5.20. The standard InChI is InChI=1S/C18H21NO/c1-3-7-16(8-4-1)15-19-12-14-20-13-11-18(19)17-9-5-2-6-10-17/h1-10,18H,11-15H2/t18-/m0/s1. The summed E-state index contributed by atoms with van der Waals surface area (Å²) in [4.78, 5) is 2.54. The van der Waals surface area contributed by atoms with Gasteiger partial charge in [0.15, 0.2) is 0 Å². The fourth-order valence-corrected chi connectivity index (χ4v) is 2.88. The molecule has 0 spiro atoms. The van der Waals surface area contributed by atoms with Gasteiger partial charge in [0.2, 0.25) is 0 Å². The third-order valence-electron chi connectivity index (χ3n) is 3.91. The topological polar surface area (TPSA) is 12.5 Å². The van der Waals surface area contributed by atoms with Gasteiger partial charge in [-0.15, -0.1) is 0 Å². The van der Waals surface area contributed by atoms with Crippen molar-refractivity contribution in [3.63, 3.8) is 0 Å². The minimum atomic E-state index is 0.457. The van der Waals surface area contributed by atoms with Crippen LogP contribution in [0.15, 0.2) is 60.7 Å². The summed E-state index contributed by atoms with van der Waals surface area (Å²) in [5.74, 6) is 0. The molecule has 3 rings (SSSR count). The number of benzene rings is 2. The SMILES string of the molecule is c1ccc(CN2CCOCC[C@H]2c2ccccc2)cc1. The molecule has 0 amide bonds. The van der Waals surface area contributed by atoms with E-state index < -0.39 is 0 Å². The van der Waals surface area contributed by atoms with E-state index >= 15 is 0 Å². The molecule has 2 aromatic rings. The van der Waals surface area contributed by atoms with Gasteiger partial charge in [0.1, 0.15) is 0 Å². The van der Waals surface area contributed by atoms with Crippen LogP contribution in [0.25, 0.3) is 0 Å². The van der Waals surface area contributed by atoms with E-state index in [4.69, 9.17) is 4.74 Å². The molecule has 1 atom stereocenters. The molecule has 1 fully saturated rings. The molecule has 0 radical (unpaired) electrons. The zero-order valence-corrected chi connectivity index (χ0v) is 11.7. The van der Waals surface area contributed by atoms with Crippen molar-refractivity contribution >= 4 is 0 Å². The molecule has 0 saturated carbocycles. The summed E-state index contributed by atoms with van der Waals surface area (Å²) in [6.07, 6.45) is 1.07. The maximum atomic E-state index is 5.67. The van der Waals surface area contributed by atoms with E-state index in [1.165, 1.54) is 11.1 Å². The first-order valence-corrected chi connectivity index (χ1v) is 7.34. The lowest BCUT2D eigenvalue weighted by Gasteiger charge is -2.29. The van der Waals surface area contributed by atoms with E-state index in [1.54, 1.807) is 0 Å². The molecule has 1 aliphatic rings. The molecule has 0 bridgehead atoms. The molecule has 1 saturated heterocycles. The quantitative estimate of drug-likeness (QED) is 0.841. The molecule has 0 N–H and O–H groups in total. The van der Waals surface area contributed by atoms with Crippen molar-refractivity contribution in [1.29, 1.82) is 0 Å². The van der Waals surface area contributed by atoms with Gasteiger partial charge in [-0.05, 0) is 17.5 Å². The van der Waals surface area contributed by atoms with Gasteiger partial charge in [0.25, 0.3) is 0 Å². The van der Waals surface area contributed by atoms with Crippen LogP contribution in [-0.4, -0.2) is 24.7 Å². The summed E-state index contributed by atoms with van der Waals surface area (Å²) in [7, 11) is 0. The Kier molecular flexibility index (Phi) is 4.46. The molecule has 20 heavy (non-hydrogen) atoms. The molecule has 0 aliphatic carbocycles. The Morgan fingerprint density at radius 2 is 1.60 bits per heavy atom. The van der Waals surface area contributed by atoms with Gasteiger partial charge in [0, 0.05) is 25.7 Å². The molecular formula is C18H21NO. The molecule has 104 valence electrons. The zero-order chi connectivity index (χ0) is 13.6. The number of hydrogen-bond donors (Lipinski definition) is 0. The highest BCUT2D eigenvalue weighted by Gasteiger charge is 2.22. The lowest BCUT2D eigenvalue weighted by molar-refractivity contribution is 0.139. The predicted octanol–water partition coefficient (Wildman–Crippen LogP) is 3.65. The van der Waals surface area contributed by atoms with Gasteiger partial charge in [-0.1, -0.05) is 60.7 Å². The van der Waals surface area contributed by atoms with Crippen LogP contribution in [0, 0.1) is 0 Å². The van der Waals surface area contributed by atoms with Crippen LogP contribution in [0.4, 0.5) is 0 Å². The maximum Gasteiger partial charge on any atom is 0.0593 e. The molecule has 1 aliphatic heterocycles. The van der Waals surface area contributed by atoms with Crippen molar-refractivity contribution in [1.82, 2.24) is 4.90 Å². The average molecular weight is 267 g/mol. The van der Waals surface area contributed by atoms with E-state index in [9.17, 15) is 0 Å². The van der Waals surface area contributed by atoms with Gasteiger partial charge < -0.3 is 4.74 Å². The first kappa shape index (κ1) is 13.3. The Labute approximate surface area is 121 Å². The smallest absolute Gasteiger partial charge is 0.0593 e. The second-order valence-corrected chi connectivity index (χ2v) is 5.28. The normalized spacial score (nSPS) is 20.5. The fourth-order valence-electron chi connectivity index (χ4n) is 2.88. The summed E-state index contributed by atoms with van der Waals surface area (Å²) in [5.41, 5.74) is 2.77. The average Bonchev–Trinajstić information content (AvgIpc) is 2.75. The van der Waals surface area contributed by atoms with Gasteiger partial charge in [-0.25, -0.2) is 0 Å². The summed E-state index contributed by atoms with van der Waals surface area (Å²) in [6.45, 7) is 3.67. The van der Waals surface area contributed by atoms with Gasteiger partial charge in [0.05, 0.1) is 6.61 Å². The minimum absolute atomic E-state index is 0.457. The van der Waals surface area contributed by atoms with Gasteiger partial charge >= 0.3 is 0 Å². The highest BCUT2D eigenvalue weighted by Crippen LogP contribution is 2.27. The summed E-state index contributed by atoms with van der Waals surface area (Å²) in [6, 6.07) is 22.0. The molecule has 2 heteroatoms. The zero-order valence-electron chi connectivity index (χ0n) is 11.7. The highest BCUT2D eigenvalue weighted by atomic mass is 16.5. The molecule has 2 nitrogen and oxygen atoms in total. The molecular weight excluding hydrogens is 246 g/mol. The third-order valence-corrected chi connectivity index (χ3v) is 3.91. The number of nitrogens with zero attached hydrogens (tertiary/aromatic N) is 1. The second kappa shape index (κ2) is 6.69. The number of rotatable bonds is 3. The van der Waals surface area contributed by atoms with Crippen molar-refractivity contribution < 1.29 is 4.74 Å². The minimum Gasteiger partial charge on any atom is -0.380 e. The van der Waals surface area contributed by atoms with Crippen LogP contribution >= 0.6 is 0 Å². The van der Waals surface area contributed by atoms with Crippen molar-refractivity contribution in [2.45, 2.75) is 19.0 Å². The van der Waals surface area contributed by atoms with Crippen molar-refractivity contribution in [2.24, 2.45) is 0 Å². The second-order valence-electron chi connectivity index (χ2n) is 5.28. The van der Waals surface area contributed by atoms with E-state index in [0.717, 1.165) is 32.7 Å². The van der Waals surface area contributed by atoms with Crippen molar-refractivity contribution in [2.75, 3.05) is 19.8 Å². The van der Waals surface area contributed by atoms with Crippen LogP contribution < -0.4 is 0 Å². The molecule has 2 aromatic carbocycles. The lowest BCUT2D eigenvalue weighted by Crippen LogP contribution is -2.29. The first-order valence-electron chi connectivity index (χ1n) is 7.34. The lowest BCUT2D eigenvalue weighted by atomic mass is 10.0. The summed E-state index contributed by atoms with van der Waals surface area (Å²) in [5, 5.41) is 0. The molecule has 0 aromatic heterocycles. The Balaban J connectivity index is 1.81. The Morgan fingerprint density at radius 3 is 2.35 bits per heavy atom. The van der Waals surface area contributed by atoms with E-state index in [-0.39, 0.29) is 0 Å². The Bertz CT molecular complexity index is 511. The first-order chi connectivity index (χ1) is 9.93. The third kappa shape index (κ3) is 3.27. The molecule has 1 heterocycles. The van der Waals surface area contributed by atoms with E-state index in [1.807, 2.05) is 0 Å². The maximum absolute atomic E-state index is 5.67. The van der Waals surface area contributed by atoms with Crippen LogP contribution in [0.2, 0.25) is 0 Å². The van der Waals surface area contributed by atoms with E-state index in [2.05, 4.69) is 65.6 Å². The van der Waals surface area contributed by atoms with Crippen LogP contribution in [0.5, 0.6) is 0 Å².